The highest BCUT2D eigenvalue weighted by Gasteiger charge is 2.32. The van der Waals surface area contributed by atoms with E-state index < -0.39 is 34.3 Å². The van der Waals surface area contributed by atoms with Crippen LogP contribution in [0.15, 0.2) is 83.8 Å². The molecule has 3 aromatic rings. The number of rotatable bonds is 11. The van der Waals surface area contributed by atoms with Crippen molar-refractivity contribution < 1.29 is 22.4 Å². The molecular weight excluding hydrogens is 505 g/mol. The molecule has 3 rings (SSSR count). The normalized spacial score (nSPS) is 12.9. The van der Waals surface area contributed by atoms with Gasteiger partial charge in [0.2, 0.25) is 11.8 Å². The minimum absolute atomic E-state index is 0.00140. The van der Waals surface area contributed by atoms with E-state index in [1.807, 2.05) is 20.8 Å². The van der Waals surface area contributed by atoms with E-state index in [1.165, 1.54) is 41.3 Å². The molecular formula is C29H34FN3O4S. The third-order valence-corrected chi connectivity index (χ3v) is 8.15. The number of amides is 2. The second kappa shape index (κ2) is 12.7. The zero-order valence-electron chi connectivity index (χ0n) is 22.1. The Morgan fingerprint density at radius 2 is 1.53 bits per heavy atom. The van der Waals surface area contributed by atoms with Crippen LogP contribution in [0.4, 0.5) is 10.1 Å². The maximum Gasteiger partial charge on any atom is 0.264 e. The molecule has 0 spiro atoms. The van der Waals surface area contributed by atoms with E-state index in [2.05, 4.69) is 5.32 Å². The average molecular weight is 540 g/mol. The molecule has 38 heavy (non-hydrogen) atoms. The second-order valence-electron chi connectivity index (χ2n) is 9.30. The molecule has 2 atom stereocenters. The number of nitrogens with zero attached hydrogens (tertiary/aromatic N) is 2. The third-order valence-electron chi connectivity index (χ3n) is 6.37. The van der Waals surface area contributed by atoms with Gasteiger partial charge < -0.3 is 10.2 Å². The lowest BCUT2D eigenvalue weighted by molar-refractivity contribution is -0.139. The summed E-state index contributed by atoms with van der Waals surface area (Å²) in [6.45, 7) is 6.73. The van der Waals surface area contributed by atoms with Crippen molar-refractivity contribution >= 4 is 27.5 Å². The summed E-state index contributed by atoms with van der Waals surface area (Å²) in [4.78, 5) is 28.2. The Balaban J connectivity index is 1.99. The molecule has 0 aliphatic heterocycles. The van der Waals surface area contributed by atoms with E-state index in [0.717, 1.165) is 9.87 Å². The number of aryl methyl sites for hydroxylation is 1. The van der Waals surface area contributed by atoms with Crippen LogP contribution in [0.25, 0.3) is 0 Å². The highest BCUT2D eigenvalue weighted by Crippen LogP contribution is 2.24. The number of hydrogen-bond donors (Lipinski definition) is 1. The summed E-state index contributed by atoms with van der Waals surface area (Å²) >= 11 is 0. The summed E-state index contributed by atoms with van der Waals surface area (Å²) in [6.07, 6.45) is 0.709. The van der Waals surface area contributed by atoms with Gasteiger partial charge in [0.05, 0.1) is 10.6 Å². The van der Waals surface area contributed by atoms with E-state index in [1.54, 1.807) is 49.4 Å². The third kappa shape index (κ3) is 7.19. The molecule has 0 unspecified atom stereocenters. The number of para-hydroxylation sites is 1. The Kier molecular flexibility index (Phi) is 9.63. The molecule has 7 nitrogen and oxygen atoms in total. The van der Waals surface area contributed by atoms with Crippen molar-refractivity contribution in [2.45, 2.75) is 57.6 Å². The molecule has 0 radical (unpaired) electrons. The van der Waals surface area contributed by atoms with Gasteiger partial charge in [-0.1, -0.05) is 55.0 Å². The molecule has 0 fully saturated rings. The molecule has 2 amide bonds. The molecule has 0 saturated heterocycles. The van der Waals surface area contributed by atoms with Crippen molar-refractivity contribution in [3.8, 4) is 0 Å². The number of hydrogen-bond acceptors (Lipinski definition) is 4. The number of sulfonamides is 1. The number of halogens is 1. The maximum atomic E-state index is 13.8. The van der Waals surface area contributed by atoms with Crippen molar-refractivity contribution in [3.63, 3.8) is 0 Å². The predicted octanol–water partition coefficient (Wildman–Crippen LogP) is 4.66. The van der Waals surface area contributed by atoms with Crippen LogP contribution in [-0.4, -0.2) is 43.8 Å². The Bertz CT molecular complexity index is 1330. The lowest BCUT2D eigenvalue weighted by Crippen LogP contribution is -2.52. The van der Waals surface area contributed by atoms with Crippen molar-refractivity contribution in [1.29, 1.82) is 0 Å². The van der Waals surface area contributed by atoms with Gasteiger partial charge in [0.1, 0.15) is 18.4 Å². The quantitative estimate of drug-likeness (QED) is 0.384. The predicted molar refractivity (Wildman–Crippen MR) is 146 cm³/mol. The summed E-state index contributed by atoms with van der Waals surface area (Å²) in [5.74, 6) is -1.35. The largest absolute Gasteiger partial charge is 0.352 e. The van der Waals surface area contributed by atoms with E-state index in [4.69, 9.17) is 0 Å². The van der Waals surface area contributed by atoms with Crippen LogP contribution in [0.1, 0.15) is 38.3 Å². The van der Waals surface area contributed by atoms with Gasteiger partial charge in [-0.15, -0.1) is 0 Å². The van der Waals surface area contributed by atoms with Gasteiger partial charge in [0.25, 0.3) is 10.0 Å². The number of carbonyl (C=O) groups is 2. The van der Waals surface area contributed by atoms with Crippen LogP contribution in [0.3, 0.4) is 0 Å². The summed E-state index contributed by atoms with van der Waals surface area (Å²) in [5.41, 5.74) is 1.83. The molecule has 0 heterocycles. The molecule has 0 saturated carbocycles. The molecule has 3 aromatic carbocycles. The summed E-state index contributed by atoms with van der Waals surface area (Å²) in [6, 6.07) is 19.4. The van der Waals surface area contributed by atoms with Crippen molar-refractivity contribution in [3.05, 3.63) is 95.8 Å². The summed E-state index contributed by atoms with van der Waals surface area (Å²) < 4.78 is 42.0. The number of benzene rings is 3. The van der Waals surface area contributed by atoms with Crippen LogP contribution in [0.2, 0.25) is 0 Å². The first kappa shape index (κ1) is 28.8. The fourth-order valence-electron chi connectivity index (χ4n) is 3.80. The number of nitrogens with one attached hydrogen (secondary N) is 1. The molecule has 0 aromatic heterocycles. The highest BCUT2D eigenvalue weighted by atomic mass is 32.2. The Morgan fingerprint density at radius 3 is 2.11 bits per heavy atom. The zero-order valence-corrected chi connectivity index (χ0v) is 22.9. The fraction of sp³-hybridized carbons (Fsp3) is 0.310. The van der Waals surface area contributed by atoms with Gasteiger partial charge in [0.15, 0.2) is 0 Å². The molecule has 0 aliphatic rings. The molecule has 1 N–H and O–H groups in total. The zero-order chi connectivity index (χ0) is 27.9. The second-order valence-corrected chi connectivity index (χ2v) is 11.2. The van der Waals surface area contributed by atoms with E-state index >= 15 is 0 Å². The average Bonchev–Trinajstić information content (AvgIpc) is 2.91. The minimum atomic E-state index is -4.11. The monoisotopic (exact) mass is 539 g/mol. The van der Waals surface area contributed by atoms with Crippen LogP contribution in [-0.2, 0) is 26.2 Å². The summed E-state index contributed by atoms with van der Waals surface area (Å²) in [5, 5.41) is 2.88. The topological polar surface area (TPSA) is 86.8 Å². The highest BCUT2D eigenvalue weighted by molar-refractivity contribution is 7.92. The Hall–Kier alpha value is -3.72. The van der Waals surface area contributed by atoms with Crippen molar-refractivity contribution in [1.82, 2.24) is 10.2 Å². The van der Waals surface area contributed by atoms with Crippen molar-refractivity contribution in [2.75, 3.05) is 10.8 Å². The first-order valence-electron chi connectivity index (χ1n) is 12.5. The molecule has 0 bridgehead atoms. The van der Waals surface area contributed by atoms with Crippen molar-refractivity contribution in [2.24, 2.45) is 0 Å². The first-order valence-corrected chi connectivity index (χ1v) is 14.0. The van der Waals surface area contributed by atoms with Crippen LogP contribution in [0, 0.1) is 12.7 Å². The molecule has 0 aliphatic carbocycles. The van der Waals surface area contributed by atoms with Gasteiger partial charge >= 0.3 is 0 Å². The maximum absolute atomic E-state index is 13.8. The van der Waals surface area contributed by atoms with Gasteiger partial charge in [-0.3, -0.25) is 13.9 Å². The van der Waals surface area contributed by atoms with Crippen LogP contribution in [0.5, 0.6) is 0 Å². The Labute approximate surface area is 224 Å². The van der Waals surface area contributed by atoms with Gasteiger partial charge in [-0.2, -0.15) is 0 Å². The van der Waals surface area contributed by atoms with E-state index in [-0.39, 0.29) is 23.4 Å². The summed E-state index contributed by atoms with van der Waals surface area (Å²) in [7, 11) is -4.11. The van der Waals surface area contributed by atoms with Gasteiger partial charge in [0, 0.05) is 12.6 Å². The lowest BCUT2D eigenvalue weighted by atomic mass is 10.1. The van der Waals surface area contributed by atoms with Gasteiger partial charge in [-0.05, 0) is 69.2 Å². The minimum Gasteiger partial charge on any atom is -0.352 e. The Morgan fingerprint density at radius 1 is 0.921 bits per heavy atom. The number of carbonyl (C=O) groups excluding carboxylic acids is 2. The fourth-order valence-corrected chi connectivity index (χ4v) is 5.21. The van der Waals surface area contributed by atoms with E-state index in [0.29, 0.717) is 17.7 Å². The SMILES string of the molecule is CC[C@@H](C)NC(=O)[C@H](C)N(Cc1ccc(F)cc1)C(=O)CN(c1ccccc1)S(=O)(=O)c1ccc(C)cc1. The van der Waals surface area contributed by atoms with Crippen LogP contribution >= 0.6 is 0 Å². The van der Waals surface area contributed by atoms with Crippen LogP contribution < -0.4 is 9.62 Å². The standard InChI is InChI=1S/C29H34FN3O4S/c1-5-22(3)31-29(35)23(4)32(19-24-13-15-25(30)16-14-24)28(34)20-33(26-9-7-6-8-10-26)38(36,37)27-17-11-21(2)12-18-27/h6-18,22-23H,5,19-20H2,1-4H3,(H,31,35)/t22-,23+/m1/s1. The molecule has 202 valence electrons. The first-order chi connectivity index (χ1) is 18.0. The van der Waals surface area contributed by atoms with Gasteiger partial charge in [-0.25, -0.2) is 12.8 Å². The number of anilines is 1. The smallest absolute Gasteiger partial charge is 0.264 e. The lowest BCUT2D eigenvalue weighted by Gasteiger charge is -2.32. The molecule has 9 heteroatoms. The van der Waals surface area contributed by atoms with E-state index in [9.17, 15) is 22.4 Å².